The van der Waals surface area contributed by atoms with Crippen molar-refractivity contribution in [2.24, 2.45) is 0 Å². The van der Waals surface area contributed by atoms with E-state index in [-0.39, 0.29) is 11.9 Å². The number of carbonyl (C=O) groups is 1. The molecule has 1 aromatic heterocycles. The molecule has 1 N–H and O–H groups in total. The maximum Gasteiger partial charge on any atom is 0.254 e. The van der Waals surface area contributed by atoms with Gasteiger partial charge in [0.25, 0.3) is 5.91 Å². The Morgan fingerprint density at radius 1 is 1.26 bits per heavy atom. The van der Waals surface area contributed by atoms with Crippen LogP contribution in [0.4, 0.5) is 0 Å². The number of rotatable bonds is 5. The molecule has 1 aromatic carbocycles. The third-order valence-corrected chi connectivity index (χ3v) is 5.02. The van der Waals surface area contributed by atoms with Gasteiger partial charge in [-0.2, -0.15) is 0 Å². The zero-order chi connectivity index (χ0) is 19.4. The molecule has 1 fully saturated rings. The van der Waals surface area contributed by atoms with Crippen molar-refractivity contribution in [3.63, 3.8) is 0 Å². The molecule has 0 unspecified atom stereocenters. The van der Waals surface area contributed by atoms with E-state index in [1.165, 1.54) is 0 Å². The summed E-state index contributed by atoms with van der Waals surface area (Å²) in [5, 5.41) is 10.2. The molecule has 1 saturated heterocycles. The molecule has 3 rings (SSSR count). The summed E-state index contributed by atoms with van der Waals surface area (Å²) in [6, 6.07) is 9.70. The minimum atomic E-state index is -0.941. The average molecular weight is 368 g/mol. The van der Waals surface area contributed by atoms with Crippen molar-refractivity contribution in [3.05, 3.63) is 53.9 Å². The van der Waals surface area contributed by atoms with Crippen molar-refractivity contribution < 1.29 is 14.6 Å². The number of carbonyl (C=O) groups excluding carboxylic acids is 1. The maximum absolute atomic E-state index is 12.9. The van der Waals surface area contributed by atoms with Crippen molar-refractivity contribution in [1.29, 1.82) is 0 Å². The highest BCUT2D eigenvalue weighted by molar-refractivity contribution is 5.95. The topological polar surface area (TPSA) is 62.7 Å². The van der Waals surface area contributed by atoms with Gasteiger partial charge in [-0.3, -0.25) is 9.78 Å². The first-order valence-corrected chi connectivity index (χ1v) is 9.57. The molecule has 1 aliphatic heterocycles. The Labute approximate surface area is 161 Å². The van der Waals surface area contributed by atoms with Crippen molar-refractivity contribution in [3.8, 4) is 11.1 Å². The van der Waals surface area contributed by atoms with Crippen molar-refractivity contribution in [1.82, 2.24) is 9.88 Å². The molecule has 0 aliphatic carbocycles. The summed E-state index contributed by atoms with van der Waals surface area (Å²) in [5.41, 5.74) is 2.40. The summed E-state index contributed by atoms with van der Waals surface area (Å²) in [5.74, 6) is 0.0617. The lowest BCUT2D eigenvalue weighted by atomic mass is 9.96. The largest absolute Gasteiger partial charge is 0.386 e. The van der Waals surface area contributed by atoms with Crippen LogP contribution in [0.3, 0.4) is 0 Å². The van der Waals surface area contributed by atoms with Crippen molar-refractivity contribution in [2.75, 3.05) is 19.8 Å². The van der Waals surface area contributed by atoms with E-state index in [4.69, 9.17) is 4.74 Å². The second-order valence-corrected chi connectivity index (χ2v) is 7.61. The summed E-state index contributed by atoms with van der Waals surface area (Å²) in [4.78, 5) is 19.1. The van der Waals surface area contributed by atoms with Crippen LogP contribution in [0, 0.1) is 0 Å². The van der Waals surface area contributed by atoms with Crippen LogP contribution in [-0.4, -0.2) is 46.7 Å². The molecule has 1 aliphatic rings. The van der Waals surface area contributed by atoms with E-state index < -0.39 is 5.60 Å². The second-order valence-electron chi connectivity index (χ2n) is 7.61. The van der Waals surface area contributed by atoms with Crippen LogP contribution in [0.25, 0.3) is 11.1 Å². The minimum Gasteiger partial charge on any atom is -0.386 e. The zero-order valence-electron chi connectivity index (χ0n) is 16.3. The molecule has 5 heteroatoms. The van der Waals surface area contributed by atoms with Crippen LogP contribution in [0.5, 0.6) is 0 Å². The monoisotopic (exact) mass is 368 g/mol. The molecule has 2 aromatic rings. The van der Waals surface area contributed by atoms with Gasteiger partial charge in [-0.15, -0.1) is 0 Å². The Bertz CT molecular complexity index is 779. The molecule has 1 atom stereocenters. The third-order valence-electron chi connectivity index (χ3n) is 5.02. The van der Waals surface area contributed by atoms with Crippen LogP contribution < -0.4 is 0 Å². The lowest BCUT2D eigenvalue weighted by Crippen LogP contribution is -2.48. The highest BCUT2D eigenvalue weighted by atomic mass is 16.5. The van der Waals surface area contributed by atoms with E-state index >= 15 is 0 Å². The molecule has 1 amide bonds. The van der Waals surface area contributed by atoms with Gasteiger partial charge >= 0.3 is 0 Å². The summed E-state index contributed by atoms with van der Waals surface area (Å²) in [6.45, 7) is 7.46. The number of morpholine rings is 1. The Morgan fingerprint density at radius 3 is 2.67 bits per heavy atom. The van der Waals surface area contributed by atoms with Crippen LogP contribution in [-0.2, 0) is 10.3 Å². The highest BCUT2D eigenvalue weighted by Crippen LogP contribution is 2.26. The Kier molecular flexibility index (Phi) is 5.92. The standard InChI is InChI=1S/C22H28N2O3/c1-4-5-20-15-27-11-10-24(20)21(25)17-8-6-16(7-9-17)18-12-19(14-23-13-18)22(2,3)26/h6-9,12-14,20,26H,4-5,10-11,15H2,1-3H3/t20-/m0/s1. The number of aromatic nitrogens is 1. The van der Waals surface area contributed by atoms with E-state index in [1.54, 1.807) is 26.2 Å². The van der Waals surface area contributed by atoms with Crippen molar-refractivity contribution >= 4 is 5.91 Å². The number of nitrogens with zero attached hydrogens (tertiary/aromatic N) is 2. The summed E-state index contributed by atoms with van der Waals surface area (Å²) in [6.07, 6.45) is 5.43. The summed E-state index contributed by atoms with van der Waals surface area (Å²) < 4.78 is 5.55. The Morgan fingerprint density at radius 2 is 2.00 bits per heavy atom. The average Bonchev–Trinajstić information content (AvgIpc) is 2.68. The lowest BCUT2D eigenvalue weighted by Gasteiger charge is -2.35. The third kappa shape index (κ3) is 4.54. The quantitative estimate of drug-likeness (QED) is 0.876. The van der Waals surface area contributed by atoms with E-state index in [2.05, 4.69) is 11.9 Å². The van der Waals surface area contributed by atoms with Gasteiger partial charge in [0.1, 0.15) is 0 Å². The SMILES string of the molecule is CCC[C@H]1COCCN1C(=O)c1ccc(-c2cncc(C(C)(C)O)c2)cc1. The van der Waals surface area contributed by atoms with E-state index in [1.807, 2.05) is 35.2 Å². The number of aliphatic hydroxyl groups is 1. The van der Waals surface area contributed by atoms with Gasteiger partial charge in [-0.25, -0.2) is 0 Å². The van der Waals surface area contributed by atoms with Crippen LogP contribution in [0.1, 0.15) is 49.5 Å². The molecule has 0 spiro atoms. The Balaban J connectivity index is 1.80. The van der Waals surface area contributed by atoms with Crippen LogP contribution >= 0.6 is 0 Å². The van der Waals surface area contributed by atoms with Crippen LogP contribution in [0.2, 0.25) is 0 Å². The van der Waals surface area contributed by atoms with Gasteiger partial charge < -0.3 is 14.7 Å². The number of hydrogen-bond donors (Lipinski definition) is 1. The minimum absolute atomic E-state index is 0.0617. The molecule has 0 radical (unpaired) electrons. The summed E-state index contributed by atoms with van der Waals surface area (Å²) >= 11 is 0. The van der Waals surface area contributed by atoms with Gasteiger partial charge in [-0.05, 0) is 44.0 Å². The van der Waals surface area contributed by atoms with E-state index in [0.29, 0.717) is 25.3 Å². The second kappa shape index (κ2) is 8.19. The molecule has 0 bridgehead atoms. The molecule has 144 valence electrons. The first-order chi connectivity index (χ1) is 12.9. The number of ether oxygens (including phenoxy) is 1. The van der Waals surface area contributed by atoms with Gasteiger partial charge in [0.15, 0.2) is 0 Å². The first-order valence-electron chi connectivity index (χ1n) is 9.57. The van der Waals surface area contributed by atoms with Gasteiger partial charge in [0.2, 0.25) is 0 Å². The van der Waals surface area contributed by atoms with Gasteiger partial charge in [0, 0.05) is 35.6 Å². The molecule has 2 heterocycles. The number of benzene rings is 1. The predicted octanol–water partition coefficient (Wildman–Crippen LogP) is 3.62. The first kappa shape index (κ1) is 19.5. The molecule has 27 heavy (non-hydrogen) atoms. The normalized spacial score (nSPS) is 17.8. The van der Waals surface area contributed by atoms with Gasteiger partial charge in [0.05, 0.1) is 24.9 Å². The van der Waals surface area contributed by atoms with Gasteiger partial charge in [-0.1, -0.05) is 25.5 Å². The molecule has 5 nitrogen and oxygen atoms in total. The number of hydrogen-bond acceptors (Lipinski definition) is 4. The van der Waals surface area contributed by atoms with Crippen molar-refractivity contribution in [2.45, 2.75) is 45.3 Å². The predicted molar refractivity (Wildman–Crippen MR) is 105 cm³/mol. The summed E-state index contributed by atoms with van der Waals surface area (Å²) in [7, 11) is 0. The fraction of sp³-hybridized carbons (Fsp3) is 0.455. The maximum atomic E-state index is 12.9. The molecule has 0 saturated carbocycles. The highest BCUT2D eigenvalue weighted by Gasteiger charge is 2.27. The zero-order valence-corrected chi connectivity index (χ0v) is 16.3. The van der Waals surface area contributed by atoms with E-state index in [0.717, 1.165) is 29.5 Å². The van der Waals surface area contributed by atoms with Crippen LogP contribution in [0.15, 0.2) is 42.7 Å². The number of amides is 1. The molecular weight excluding hydrogens is 340 g/mol. The lowest BCUT2D eigenvalue weighted by molar-refractivity contribution is -0.00433. The fourth-order valence-electron chi connectivity index (χ4n) is 3.40. The fourth-order valence-corrected chi connectivity index (χ4v) is 3.40. The number of pyridine rings is 1. The smallest absolute Gasteiger partial charge is 0.254 e. The Hall–Kier alpha value is -2.24. The molecular formula is C22H28N2O3. The van der Waals surface area contributed by atoms with E-state index in [9.17, 15) is 9.90 Å².